The summed E-state index contributed by atoms with van der Waals surface area (Å²) in [7, 11) is 0. The zero-order chi connectivity index (χ0) is 12.3. The third-order valence-corrected chi connectivity index (χ3v) is 4.79. The number of rotatable bonds is 3. The Balaban J connectivity index is 2.11. The van der Waals surface area contributed by atoms with E-state index in [0.29, 0.717) is 18.7 Å². The first-order chi connectivity index (χ1) is 8.20. The number of nitrogens with two attached hydrogens (primary N) is 1. The van der Waals surface area contributed by atoms with Crippen LogP contribution in [-0.4, -0.2) is 37.2 Å². The molecule has 2 atom stereocenters. The monoisotopic (exact) mass is 318 g/mol. The molecule has 2 rings (SSSR count). The SMILES string of the molecule is CC1CN(C(CN)c2ccc(Br)s2)CCCO1. The predicted octanol–water partition coefficient (Wildman–Crippen LogP) is 2.62. The molecule has 5 heteroatoms. The Morgan fingerprint density at radius 3 is 3.12 bits per heavy atom. The molecule has 0 bridgehead atoms. The number of halogens is 1. The van der Waals surface area contributed by atoms with Crippen LogP contribution in [0.2, 0.25) is 0 Å². The lowest BCUT2D eigenvalue weighted by Gasteiger charge is -2.29. The highest BCUT2D eigenvalue weighted by Gasteiger charge is 2.24. The summed E-state index contributed by atoms with van der Waals surface area (Å²) in [5.74, 6) is 0. The molecular formula is C12H19BrN2OS. The lowest BCUT2D eigenvalue weighted by atomic mass is 10.2. The van der Waals surface area contributed by atoms with Crippen LogP contribution in [0.4, 0.5) is 0 Å². The maximum atomic E-state index is 5.95. The zero-order valence-electron chi connectivity index (χ0n) is 10.1. The molecule has 0 radical (unpaired) electrons. The Bertz CT molecular complexity index is 358. The lowest BCUT2D eigenvalue weighted by Crippen LogP contribution is -2.37. The first kappa shape index (κ1) is 13.5. The Labute approximate surface area is 115 Å². The average Bonchev–Trinajstić information content (AvgIpc) is 2.59. The van der Waals surface area contributed by atoms with Gasteiger partial charge in [0.05, 0.1) is 15.9 Å². The third-order valence-electron chi connectivity index (χ3n) is 3.07. The van der Waals surface area contributed by atoms with Crippen molar-refractivity contribution in [3.63, 3.8) is 0 Å². The Morgan fingerprint density at radius 2 is 2.47 bits per heavy atom. The second-order valence-corrected chi connectivity index (χ2v) is 6.92. The minimum absolute atomic E-state index is 0.301. The van der Waals surface area contributed by atoms with E-state index in [-0.39, 0.29) is 0 Å². The highest BCUT2D eigenvalue weighted by Crippen LogP contribution is 2.31. The molecule has 1 aliphatic heterocycles. The predicted molar refractivity (Wildman–Crippen MR) is 75.4 cm³/mol. The van der Waals surface area contributed by atoms with Crippen LogP contribution in [0, 0.1) is 0 Å². The van der Waals surface area contributed by atoms with Crippen LogP contribution in [0.5, 0.6) is 0 Å². The molecule has 1 saturated heterocycles. The van der Waals surface area contributed by atoms with Crippen molar-refractivity contribution in [3.05, 3.63) is 20.8 Å². The van der Waals surface area contributed by atoms with E-state index < -0.39 is 0 Å². The number of thiophene rings is 1. The standard InChI is InChI=1S/C12H19BrN2OS/c1-9-8-15(5-2-6-16-9)10(7-14)11-3-4-12(13)17-11/h3-4,9-10H,2,5-8,14H2,1H3. The molecule has 17 heavy (non-hydrogen) atoms. The summed E-state index contributed by atoms with van der Waals surface area (Å²) < 4.78 is 6.85. The second-order valence-electron chi connectivity index (χ2n) is 4.42. The number of hydrogen-bond acceptors (Lipinski definition) is 4. The van der Waals surface area contributed by atoms with E-state index in [0.717, 1.165) is 26.1 Å². The van der Waals surface area contributed by atoms with Crippen molar-refractivity contribution >= 4 is 27.3 Å². The van der Waals surface area contributed by atoms with Crippen LogP contribution in [0.25, 0.3) is 0 Å². The van der Waals surface area contributed by atoms with E-state index in [9.17, 15) is 0 Å². The summed E-state index contributed by atoms with van der Waals surface area (Å²) in [5.41, 5.74) is 5.95. The van der Waals surface area contributed by atoms with Crippen LogP contribution in [0.15, 0.2) is 15.9 Å². The summed E-state index contributed by atoms with van der Waals surface area (Å²) in [6, 6.07) is 4.60. The van der Waals surface area contributed by atoms with Crippen molar-refractivity contribution in [3.8, 4) is 0 Å². The fourth-order valence-electron chi connectivity index (χ4n) is 2.26. The molecule has 1 aliphatic rings. The normalized spacial score (nSPS) is 24.5. The van der Waals surface area contributed by atoms with Gasteiger partial charge < -0.3 is 10.5 Å². The van der Waals surface area contributed by atoms with Gasteiger partial charge in [0.2, 0.25) is 0 Å². The molecule has 0 aromatic carbocycles. The van der Waals surface area contributed by atoms with Gasteiger partial charge in [0.1, 0.15) is 0 Å². The fraction of sp³-hybridized carbons (Fsp3) is 0.667. The molecule has 0 aliphatic carbocycles. The summed E-state index contributed by atoms with van der Waals surface area (Å²) in [6.45, 7) is 5.71. The maximum absolute atomic E-state index is 5.95. The molecule has 0 amide bonds. The first-order valence-corrected chi connectivity index (χ1v) is 7.62. The van der Waals surface area contributed by atoms with Gasteiger partial charge in [0, 0.05) is 31.1 Å². The van der Waals surface area contributed by atoms with E-state index in [4.69, 9.17) is 10.5 Å². The van der Waals surface area contributed by atoms with Crippen molar-refractivity contribution in [2.24, 2.45) is 5.73 Å². The topological polar surface area (TPSA) is 38.5 Å². The minimum Gasteiger partial charge on any atom is -0.377 e. The molecular weight excluding hydrogens is 300 g/mol. The van der Waals surface area contributed by atoms with Crippen molar-refractivity contribution in [1.82, 2.24) is 4.90 Å². The van der Waals surface area contributed by atoms with Crippen LogP contribution in [0.3, 0.4) is 0 Å². The van der Waals surface area contributed by atoms with E-state index in [1.54, 1.807) is 11.3 Å². The summed E-state index contributed by atoms with van der Waals surface area (Å²) in [4.78, 5) is 3.80. The molecule has 0 spiro atoms. The molecule has 2 heterocycles. The van der Waals surface area contributed by atoms with Gasteiger partial charge in [-0.05, 0) is 41.4 Å². The fourth-order valence-corrected chi connectivity index (χ4v) is 3.83. The summed E-state index contributed by atoms with van der Waals surface area (Å²) in [5, 5.41) is 0. The van der Waals surface area contributed by atoms with Crippen LogP contribution < -0.4 is 5.73 Å². The molecule has 2 N–H and O–H groups in total. The second kappa shape index (κ2) is 6.29. The third kappa shape index (κ3) is 3.51. The molecule has 1 aromatic rings. The number of nitrogens with zero attached hydrogens (tertiary/aromatic N) is 1. The molecule has 2 unspecified atom stereocenters. The van der Waals surface area contributed by atoms with Gasteiger partial charge in [0.15, 0.2) is 0 Å². The number of ether oxygens (including phenoxy) is 1. The van der Waals surface area contributed by atoms with Gasteiger partial charge in [-0.2, -0.15) is 0 Å². The van der Waals surface area contributed by atoms with Crippen LogP contribution in [0.1, 0.15) is 24.3 Å². The van der Waals surface area contributed by atoms with Crippen LogP contribution in [-0.2, 0) is 4.74 Å². The Morgan fingerprint density at radius 1 is 1.65 bits per heavy atom. The maximum Gasteiger partial charge on any atom is 0.0702 e. The van der Waals surface area contributed by atoms with E-state index in [1.807, 2.05) is 0 Å². The van der Waals surface area contributed by atoms with Gasteiger partial charge in [0.25, 0.3) is 0 Å². The molecule has 1 aromatic heterocycles. The van der Waals surface area contributed by atoms with Gasteiger partial charge >= 0.3 is 0 Å². The largest absolute Gasteiger partial charge is 0.377 e. The van der Waals surface area contributed by atoms with E-state index in [1.165, 1.54) is 8.66 Å². The zero-order valence-corrected chi connectivity index (χ0v) is 12.5. The lowest BCUT2D eigenvalue weighted by molar-refractivity contribution is 0.0614. The van der Waals surface area contributed by atoms with Crippen molar-refractivity contribution < 1.29 is 4.74 Å². The minimum atomic E-state index is 0.301. The van der Waals surface area contributed by atoms with Gasteiger partial charge in [-0.15, -0.1) is 11.3 Å². The van der Waals surface area contributed by atoms with Crippen molar-refractivity contribution in [2.75, 3.05) is 26.2 Å². The smallest absolute Gasteiger partial charge is 0.0702 e. The van der Waals surface area contributed by atoms with E-state index >= 15 is 0 Å². The average molecular weight is 319 g/mol. The highest BCUT2D eigenvalue weighted by atomic mass is 79.9. The molecule has 96 valence electrons. The summed E-state index contributed by atoms with van der Waals surface area (Å²) in [6.07, 6.45) is 1.39. The quantitative estimate of drug-likeness (QED) is 0.931. The Kier molecular flexibility index (Phi) is 4.99. The van der Waals surface area contributed by atoms with Crippen molar-refractivity contribution in [1.29, 1.82) is 0 Å². The van der Waals surface area contributed by atoms with Gasteiger partial charge in [-0.3, -0.25) is 4.90 Å². The number of hydrogen-bond donors (Lipinski definition) is 1. The molecule has 3 nitrogen and oxygen atoms in total. The Hall–Kier alpha value is 0.0600. The van der Waals surface area contributed by atoms with Crippen molar-refractivity contribution in [2.45, 2.75) is 25.5 Å². The molecule has 1 fully saturated rings. The summed E-state index contributed by atoms with van der Waals surface area (Å²) >= 11 is 5.29. The van der Waals surface area contributed by atoms with E-state index in [2.05, 4.69) is 39.9 Å². The highest BCUT2D eigenvalue weighted by molar-refractivity contribution is 9.11. The van der Waals surface area contributed by atoms with Gasteiger partial charge in [-0.1, -0.05) is 0 Å². The molecule has 0 saturated carbocycles. The van der Waals surface area contributed by atoms with Gasteiger partial charge in [-0.25, -0.2) is 0 Å². The van der Waals surface area contributed by atoms with Crippen LogP contribution >= 0.6 is 27.3 Å². The first-order valence-electron chi connectivity index (χ1n) is 6.01.